The van der Waals surface area contributed by atoms with Crippen LogP contribution in [0.2, 0.25) is 0 Å². The monoisotopic (exact) mass is 754 g/mol. The van der Waals surface area contributed by atoms with Gasteiger partial charge < -0.3 is 34.3 Å². The van der Waals surface area contributed by atoms with Crippen LogP contribution in [0.25, 0.3) is 0 Å². The molecule has 0 bridgehead atoms. The second-order valence-corrected chi connectivity index (χ2v) is 13.2. The lowest BCUT2D eigenvalue weighted by atomic mass is 9.97. The maximum Gasteiger partial charge on any atom is 0.459 e. The molecule has 258 valence electrons. The third kappa shape index (κ3) is 9.12. The number of para-hydroxylation sites is 1. The molecule has 0 saturated carbocycles. The molecule has 1 aliphatic rings. The van der Waals surface area contributed by atoms with E-state index in [-0.39, 0.29) is 17.0 Å². The van der Waals surface area contributed by atoms with Gasteiger partial charge in [0.1, 0.15) is 35.2 Å². The largest absolute Gasteiger partial charge is 0.462 e. The molecule has 2 heterocycles. The van der Waals surface area contributed by atoms with Gasteiger partial charge in [0.25, 0.3) is 17.9 Å². The highest BCUT2D eigenvalue weighted by molar-refractivity contribution is 9.10. The molecule has 6 atom stereocenters. The zero-order chi connectivity index (χ0) is 35.1. The lowest BCUT2D eigenvalue weighted by molar-refractivity contribution is -0.184. The average molecular weight is 755 g/mol. The van der Waals surface area contributed by atoms with Crippen LogP contribution in [0.3, 0.4) is 0 Å². The number of nitrogens with zero attached hydrogens (tertiary/aromatic N) is 2. The van der Waals surface area contributed by atoms with E-state index >= 15 is 4.39 Å². The van der Waals surface area contributed by atoms with Gasteiger partial charge in [-0.2, -0.15) is 5.09 Å². The van der Waals surface area contributed by atoms with Crippen LogP contribution in [0.4, 0.5) is 4.39 Å². The van der Waals surface area contributed by atoms with Crippen molar-refractivity contribution in [2.75, 3.05) is 6.61 Å². The van der Waals surface area contributed by atoms with Gasteiger partial charge >= 0.3 is 19.7 Å². The molecule has 0 spiro atoms. The number of carbonyl (C=O) groups excluding carboxylic acids is 3. The topological polar surface area (TPSA) is 208 Å². The Morgan fingerprint density at radius 1 is 1.12 bits per heavy atom. The summed E-state index contributed by atoms with van der Waals surface area (Å²) in [6.07, 6.45) is -5.81. The van der Waals surface area contributed by atoms with Crippen molar-refractivity contribution in [2.45, 2.75) is 63.7 Å². The minimum atomic E-state index is -4.51. The van der Waals surface area contributed by atoms with Crippen molar-refractivity contribution >= 4 is 41.5 Å². The fraction of sp³-hybridized carbons (Fsp3) is 0.367. The second-order valence-electron chi connectivity index (χ2n) is 10.6. The number of alkyl halides is 1. The number of primary amides is 1. The van der Waals surface area contributed by atoms with Crippen molar-refractivity contribution in [3.05, 3.63) is 82.7 Å². The Morgan fingerprint density at radius 3 is 2.40 bits per heavy atom. The molecule has 3 aromatic rings. The van der Waals surface area contributed by atoms with E-state index in [1.807, 2.05) is 0 Å². The number of ether oxygens (including phenoxy) is 4. The molecular formula is C30H33BrFN4O11P. The highest BCUT2D eigenvalue weighted by atomic mass is 79.9. The number of aliphatic hydroxyl groups is 1. The third-order valence-corrected chi connectivity index (χ3v) is 8.57. The second kappa shape index (κ2) is 15.9. The number of aliphatic hydroxyl groups excluding tert-OH is 1. The quantitative estimate of drug-likeness (QED) is 0.150. The number of halogens is 2. The Labute approximate surface area is 282 Å². The number of benzene rings is 2. The maximum atomic E-state index is 16.8. The number of carbonyl (C=O) groups is 3. The molecular weight excluding hydrogens is 722 g/mol. The number of hydrogen-bond donors (Lipinski definition) is 3. The van der Waals surface area contributed by atoms with Crippen LogP contribution >= 0.6 is 23.7 Å². The molecule has 18 heteroatoms. The fourth-order valence-electron chi connectivity index (χ4n) is 4.25. The number of amides is 1. The molecule has 4 rings (SSSR count). The van der Waals surface area contributed by atoms with E-state index in [1.165, 1.54) is 19.1 Å². The lowest BCUT2D eigenvalue weighted by Gasteiger charge is -2.26. The van der Waals surface area contributed by atoms with E-state index in [1.54, 1.807) is 62.4 Å². The van der Waals surface area contributed by atoms with E-state index in [0.29, 0.717) is 5.56 Å². The molecule has 1 amide bonds. The molecule has 2 aromatic carbocycles. The number of esters is 2. The summed E-state index contributed by atoms with van der Waals surface area (Å²) in [7, 11) is -4.51. The Morgan fingerprint density at radius 2 is 1.77 bits per heavy atom. The first-order valence-corrected chi connectivity index (χ1v) is 16.8. The summed E-state index contributed by atoms with van der Waals surface area (Å²) < 4.78 is 63.4. The first kappa shape index (κ1) is 36.8. The predicted molar refractivity (Wildman–Crippen MR) is 168 cm³/mol. The van der Waals surface area contributed by atoms with E-state index in [0.717, 1.165) is 6.20 Å². The Hall–Kier alpha value is -3.99. The number of hydrogen-bond acceptors (Lipinski definition) is 13. The highest BCUT2D eigenvalue weighted by Crippen LogP contribution is 2.47. The number of rotatable bonds is 15. The summed E-state index contributed by atoms with van der Waals surface area (Å²) in [5, 5.41) is 13.6. The summed E-state index contributed by atoms with van der Waals surface area (Å²) in [4.78, 5) is 45.5. The van der Waals surface area contributed by atoms with Crippen LogP contribution in [-0.4, -0.2) is 75.8 Å². The minimum Gasteiger partial charge on any atom is -0.462 e. The van der Waals surface area contributed by atoms with Crippen LogP contribution in [0.15, 0.2) is 71.5 Å². The summed E-state index contributed by atoms with van der Waals surface area (Å²) in [6, 6.07) is 14.9. The first-order chi connectivity index (χ1) is 22.7. The Bertz CT molecular complexity index is 1640. The highest BCUT2D eigenvalue weighted by Gasteiger charge is 2.66. The standard InChI is InChI=1S/C30H33BrFN4O11P/c1-17(2)44-27(39)18(3)36-48(41,47-20-12-8-5-9-13-20)43-16-21-24(37)30(32,28(40)42-15-19-10-6-4-7-11-19)29(45-21)46-26-23(25(33)38)35-22(31)14-34-26/h4-14,17-18,21,24,29,37H,15-16H2,1-3H3,(H2,33,38)(H,36,41)/t18-,21+,24+,29-,30-,48?/m0/s1. The molecule has 1 saturated heterocycles. The molecule has 15 nitrogen and oxygen atoms in total. The summed E-state index contributed by atoms with van der Waals surface area (Å²) in [5.74, 6) is -4.03. The van der Waals surface area contributed by atoms with Crippen LogP contribution in [0, 0.1) is 0 Å². The van der Waals surface area contributed by atoms with Crippen LogP contribution in [0.5, 0.6) is 11.6 Å². The van der Waals surface area contributed by atoms with Crippen molar-refractivity contribution in [3.63, 3.8) is 0 Å². The fourth-order valence-corrected chi connectivity index (χ4v) is 6.03. The van der Waals surface area contributed by atoms with Gasteiger partial charge in [0.2, 0.25) is 5.88 Å². The van der Waals surface area contributed by atoms with Gasteiger partial charge in [0.05, 0.1) is 18.9 Å². The van der Waals surface area contributed by atoms with Crippen molar-refractivity contribution in [2.24, 2.45) is 5.73 Å². The van der Waals surface area contributed by atoms with Gasteiger partial charge in [-0.15, -0.1) is 0 Å². The predicted octanol–water partition coefficient (Wildman–Crippen LogP) is 3.39. The van der Waals surface area contributed by atoms with Crippen LogP contribution in [-0.2, 0) is 39.5 Å². The van der Waals surface area contributed by atoms with Crippen molar-refractivity contribution in [1.29, 1.82) is 0 Å². The Kier molecular flexibility index (Phi) is 12.2. The van der Waals surface area contributed by atoms with Crippen molar-refractivity contribution in [3.8, 4) is 11.6 Å². The van der Waals surface area contributed by atoms with Gasteiger partial charge in [-0.25, -0.2) is 23.7 Å². The SMILES string of the molecule is CC(C)OC(=O)[C@H](C)NP(=O)(OC[C@H]1O[C@@H](Oc2ncc(Br)nc2C(N)=O)[C@@](F)(C(=O)OCc2ccccc2)[C@@H]1O)Oc1ccccc1. The normalized spacial score (nSPS) is 22.4. The van der Waals surface area contributed by atoms with E-state index in [9.17, 15) is 24.1 Å². The lowest BCUT2D eigenvalue weighted by Crippen LogP contribution is -2.54. The van der Waals surface area contributed by atoms with Crippen molar-refractivity contribution in [1.82, 2.24) is 15.1 Å². The molecule has 1 unspecified atom stereocenters. The first-order valence-electron chi connectivity index (χ1n) is 14.4. The minimum absolute atomic E-state index is 0.0731. The molecule has 1 aromatic heterocycles. The average Bonchev–Trinajstić information content (AvgIpc) is 3.29. The summed E-state index contributed by atoms with van der Waals surface area (Å²) in [5.41, 5.74) is 1.87. The molecule has 48 heavy (non-hydrogen) atoms. The summed E-state index contributed by atoms with van der Waals surface area (Å²) >= 11 is 3.04. The molecule has 1 fully saturated rings. The van der Waals surface area contributed by atoms with Gasteiger partial charge in [-0.1, -0.05) is 48.5 Å². The van der Waals surface area contributed by atoms with Gasteiger partial charge in [0.15, 0.2) is 5.69 Å². The maximum absolute atomic E-state index is 16.8. The summed E-state index contributed by atoms with van der Waals surface area (Å²) in [6.45, 7) is 3.34. The Balaban J connectivity index is 1.61. The smallest absolute Gasteiger partial charge is 0.459 e. The number of aromatic nitrogens is 2. The van der Waals surface area contributed by atoms with Crippen molar-refractivity contribution < 1.29 is 56.4 Å². The third-order valence-electron chi connectivity index (χ3n) is 6.55. The molecule has 4 N–H and O–H groups in total. The zero-order valence-corrected chi connectivity index (χ0v) is 28.3. The van der Waals surface area contributed by atoms with E-state index in [4.69, 9.17) is 33.7 Å². The number of nitrogens with one attached hydrogen (secondary N) is 1. The molecule has 0 aliphatic carbocycles. The van der Waals surface area contributed by atoms with Crippen LogP contribution < -0.4 is 20.1 Å². The van der Waals surface area contributed by atoms with Gasteiger partial charge in [-0.3, -0.25) is 14.1 Å². The van der Waals surface area contributed by atoms with E-state index < -0.39 is 80.1 Å². The molecule has 0 radical (unpaired) electrons. The van der Waals surface area contributed by atoms with Gasteiger partial charge in [-0.05, 0) is 54.4 Å². The molecule has 1 aliphatic heterocycles. The van der Waals surface area contributed by atoms with Gasteiger partial charge in [0, 0.05) is 0 Å². The van der Waals surface area contributed by atoms with Crippen LogP contribution in [0.1, 0.15) is 36.8 Å². The van der Waals surface area contributed by atoms with E-state index in [2.05, 4.69) is 31.0 Å². The zero-order valence-electron chi connectivity index (χ0n) is 25.9. The number of nitrogens with two attached hydrogens (primary N) is 1.